The van der Waals surface area contributed by atoms with Crippen molar-refractivity contribution in [2.24, 2.45) is 0 Å². The minimum atomic E-state index is -6.00. The molecule has 0 nitrogen and oxygen atoms in total. The first-order valence-corrected chi connectivity index (χ1v) is 10.1. The molecule has 0 atom stereocenters. The van der Waals surface area contributed by atoms with Gasteiger partial charge in [-0.2, -0.15) is 0 Å². The van der Waals surface area contributed by atoms with Crippen LogP contribution in [0, 0.1) is 0 Å². The molecule has 144 valence electrons. The third kappa shape index (κ3) is 5.86. The van der Waals surface area contributed by atoms with Crippen LogP contribution in [0.1, 0.15) is 24.0 Å². The predicted molar refractivity (Wildman–Crippen MR) is 104 cm³/mol. The van der Waals surface area contributed by atoms with Gasteiger partial charge < -0.3 is 17.3 Å². The molecular weight excluding hydrogens is 403 g/mol. The molecule has 0 heterocycles. The molecule has 0 N–H and O–H groups in total. The minimum absolute atomic E-state index is 0.420. The van der Waals surface area contributed by atoms with Crippen molar-refractivity contribution in [2.45, 2.75) is 12.8 Å². The molecule has 0 spiro atoms. The first-order valence-electron chi connectivity index (χ1n) is 8.87. The van der Waals surface area contributed by atoms with E-state index in [4.69, 9.17) is 0 Å². The van der Waals surface area contributed by atoms with Crippen LogP contribution in [-0.2, 0) is 15.2 Å². The van der Waals surface area contributed by atoms with E-state index in [2.05, 4.69) is 85.0 Å². The van der Waals surface area contributed by atoms with Crippen molar-refractivity contribution in [3.63, 3.8) is 0 Å². The fourth-order valence-corrected chi connectivity index (χ4v) is 5.01. The van der Waals surface area contributed by atoms with Gasteiger partial charge in [0, 0.05) is 0 Å². The van der Waals surface area contributed by atoms with E-state index in [0.29, 0.717) is 15.2 Å². The first-order chi connectivity index (χ1) is 13.4. The molecule has 2 aliphatic rings. The summed E-state index contributed by atoms with van der Waals surface area (Å²) in [6.45, 7) is 0. The van der Waals surface area contributed by atoms with Crippen LogP contribution in [0.5, 0.6) is 0 Å². The Bertz CT molecular complexity index is 849. The summed E-state index contributed by atoms with van der Waals surface area (Å²) in [5.41, 5.74) is 5.59. The van der Waals surface area contributed by atoms with Crippen molar-refractivity contribution in [1.29, 1.82) is 0 Å². The van der Waals surface area contributed by atoms with Gasteiger partial charge in [-0.25, -0.2) is 0 Å². The normalized spacial score (nSPS) is 15.9. The summed E-state index contributed by atoms with van der Waals surface area (Å²) in [5.74, 6) is 0. The fraction of sp³-hybridized carbons (Fsp3) is 0.0909. The Morgan fingerprint density at radius 2 is 0.964 bits per heavy atom. The van der Waals surface area contributed by atoms with Gasteiger partial charge in [0.15, 0.2) is 0 Å². The summed E-state index contributed by atoms with van der Waals surface area (Å²) in [6.07, 6.45) is 11.4. The zero-order valence-corrected chi connectivity index (χ0v) is 16.3. The summed E-state index contributed by atoms with van der Waals surface area (Å²) in [6, 6.07) is 21.6. The maximum Gasteiger partial charge on any atom is 0.673 e. The Labute approximate surface area is 168 Å². The van der Waals surface area contributed by atoms with E-state index in [1.54, 1.807) is 8.87 Å². The number of rotatable bonds is 4. The number of allylic oxidation sites excluding steroid dienone is 8. The summed E-state index contributed by atoms with van der Waals surface area (Å²) >= 11 is 0.420. The predicted octanol–water partition coefficient (Wildman–Crippen LogP) is 7.11. The second kappa shape index (κ2) is 9.28. The quantitative estimate of drug-likeness (QED) is 0.365. The van der Waals surface area contributed by atoms with Crippen molar-refractivity contribution >= 4 is 18.4 Å². The minimum Gasteiger partial charge on any atom is -0.418 e. The van der Waals surface area contributed by atoms with Crippen LogP contribution in [0.4, 0.5) is 17.3 Å². The second-order valence-electron chi connectivity index (χ2n) is 6.22. The third-order valence-electron chi connectivity index (χ3n) is 4.19. The molecule has 2 aromatic rings. The maximum absolute atomic E-state index is 9.75. The molecule has 0 saturated carbocycles. The van der Waals surface area contributed by atoms with Crippen molar-refractivity contribution in [1.82, 2.24) is 0 Å². The SMILES string of the molecule is C1=CC(c2ccccc2)=[C]([Cr][C]2=C(c3ccccc3)C=CC2)C1.F[B-](F)(F)F. The second-order valence-corrected chi connectivity index (χ2v) is 8.07. The average Bonchev–Trinajstić information content (AvgIpc) is 3.32. The van der Waals surface area contributed by atoms with Crippen LogP contribution >= 0.6 is 0 Å². The van der Waals surface area contributed by atoms with Crippen molar-refractivity contribution in [3.8, 4) is 0 Å². The largest absolute Gasteiger partial charge is 0.673 e. The maximum atomic E-state index is 9.75. The molecule has 2 aliphatic carbocycles. The molecule has 0 amide bonds. The summed E-state index contributed by atoms with van der Waals surface area (Å²) in [5, 5.41) is 0. The van der Waals surface area contributed by atoms with E-state index >= 15 is 0 Å². The monoisotopic (exact) mass is 421 g/mol. The fourth-order valence-electron chi connectivity index (χ4n) is 3.07. The number of hydrogen-bond acceptors (Lipinski definition) is 0. The van der Waals surface area contributed by atoms with Gasteiger partial charge in [-0.15, -0.1) is 0 Å². The smallest absolute Gasteiger partial charge is 0.418 e. The van der Waals surface area contributed by atoms with Crippen LogP contribution in [-0.4, -0.2) is 7.25 Å². The van der Waals surface area contributed by atoms with E-state index < -0.39 is 7.25 Å². The van der Waals surface area contributed by atoms with Crippen LogP contribution in [0.25, 0.3) is 11.1 Å². The van der Waals surface area contributed by atoms with Gasteiger partial charge in [0.25, 0.3) is 0 Å². The first kappa shape index (κ1) is 20.5. The van der Waals surface area contributed by atoms with Crippen LogP contribution in [0.15, 0.2) is 93.8 Å². The molecule has 0 fully saturated rings. The van der Waals surface area contributed by atoms with E-state index in [1.165, 1.54) is 22.3 Å². The molecule has 2 aromatic carbocycles. The van der Waals surface area contributed by atoms with Crippen molar-refractivity contribution in [3.05, 3.63) is 105 Å². The number of halogens is 4. The molecule has 0 bridgehead atoms. The summed E-state index contributed by atoms with van der Waals surface area (Å²) in [4.78, 5) is 0. The molecule has 0 radical (unpaired) electrons. The van der Waals surface area contributed by atoms with Gasteiger partial charge in [0.05, 0.1) is 0 Å². The van der Waals surface area contributed by atoms with Gasteiger partial charge in [-0.3, -0.25) is 0 Å². The van der Waals surface area contributed by atoms with E-state index in [0.717, 1.165) is 12.8 Å². The average molecular weight is 421 g/mol. The molecular formula is C22H18BCrF4-. The number of benzene rings is 2. The molecule has 0 unspecified atom stereocenters. The standard InChI is InChI=1S/2C11H9.BF4.Cr/c2*1-2-6-10(7-3-1)11-8-4-5-9-11;2-1(3,4)5;/h2*1-4,6-8H,5H2;;/q;;-1;. The Hall–Kier alpha value is -2.28. The van der Waals surface area contributed by atoms with Gasteiger partial charge in [-0.1, -0.05) is 0 Å². The van der Waals surface area contributed by atoms with Gasteiger partial charge in [0.1, 0.15) is 0 Å². The van der Waals surface area contributed by atoms with E-state index in [9.17, 15) is 17.3 Å². The molecule has 0 aromatic heterocycles. The molecule has 28 heavy (non-hydrogen) atoms. The third-order valence-corrected chi connectivity index (χ3v) is 6.17. The Balaban J connectivity index is 0.000000403. The van der Waals surface area contributed by atoms with Crippen molar-refractivity contribution < 1.29 is 32.5 Å². The Kier molecular flexibility index (Phi) is 6.77. The molecule has 6 heteroatoms. The van der Waals surface area contributed by atoms with Crippen LogP contribution in [0.2, 0.25) is 0 Å². The Morgan fingerprint density at radius 3 is 1.32 bits per heavy atom. The molecule has 4 rings (SSSR count). The van der Waals surface area contributed by atoms with Gasteiger partial charge in [0.2, 0.25) is 0 Å². The Morgan fingerprint density at radius 1 is 0.607 bits per heavy atom. The zero-order chi connectivity index (χ0) is 20.0. The van der Waals surface area contributed by atoms with Crippen molar-refractivity contribution in [2.75, 3.05) is 0 Å². The summed E-state index contributed by atoms with van der Waals surface area (Å²) < 4.78 is 42.2. The zero-order valence-electron chi connectivity index (χ0n) is 15.0. The summed E-state index contributed by atoms with van der Waals surface area (Å²) in [7, 11) is -6.00. The molecule has 0 saturated heterocycles. The van der Waals surface area contributed by atoms with Crippen LogP contribution in [0.3, 0.4) is 0 Å². The van der Waals surface area contributed by atoms with E-state index in [1.807, 2.05) is 0 Å². The van der Waals surface area contributed by atoms with Gasteiger partial charge >= 0.3 is 151 Å². The topological polar surface area (TPSA) is 0 Å². The van der Waals surface area contributed by atoms with Gasteiger partial charge in [-0.05, 0) is 0 Å². The number of hydrogen-bond donors (Lipinski definition) is 0. The molecule has 0 aliphatic heterocycles. The van der Waals surface area contributed by atoms with E-state index in [-0.39, 0.29) is 0 Å². The van der Waals surface area contributed by atoms with Crippen LogP contribution < -0.4 is 0 Å².